The number of anilines is 1. The summed E-state index contributed by atoms with van der Waals surface area (Å²) in [7, 11) is 1.28. The topological polar surface area (TPSA) is 113 Å². The molecule has 1 aliphatic heterocycles. The van der Waals surface area contributed by atoms with Gasteiger partial charge in [-0.05, 0) is 12.1 Å². The lowest BCUT2D eigenvalue weighted by Gasteiger charge is -2.24. The molecular weight excluding hydrogens is 376 g/mol. The number of benzene rings is 1. The molecule has 0 bridgehead atoms. The second-order valence-corrected chi connectivity index (χ2v) is 6.28. The summed E-state index contributed by atoms with van der Waals surface area (Å²) in [5, 5.41) is 4.42. The maximum absolute atomic E-state index is 12.1. The number of hydrogen-bond donors (Lipinski definition) is 1. The van der Waals surface area contributed by atoms with Gasteiger partial charge in [0, 0.05) is 5.38 Å². The van der Waals surface area contributed by atoms with Crippen LogP contribution in [0.25, 0.3) is 0 Å². The van der Waals surface area contributed by atoms with Gasteiger partial charge in [0.05, 0.1) is 19.2 Å². The lowest BCUT2D eigenvalue weighted by Crippen LogP contribution is -2.39. The van der Waals surface area contributed by atoms with E-state index in [9.17, 15) is 14.4 Å². The first kappa shape index (κ1) is 18.6. The molecule has 1 aliphatic rings. The van der Waals surface area contributed by atoms with Gasteiger partial charge in [-0.3, -0.25) is 14.9 Å². The molecule has 10 heteroatoms. The third kappa shape index (κ3) is 4.94. The number of hydrogen-bond acceptors (Lipinski definition) is 9. The number of methoxy groups -OCH3 is 1. The number of para-hydroxylation sites is 2. The Kier molecular flexibility index (Phi) is 5.87. The van der Waals surface area contributed by atoms with Gasteiger partial charge in [0.15, 0.2) is 23.2 Å². The summed E-state index contributed by atoms with van der Waals surface area (Å²) in [5.74, 6) is -0.699. The van der Waals surface area contributed by atoms with Gasteiger partial charge in [-0.1, -0.05) is 12.1 Å². The second kappa shape index (κ2) is 8.49. The van der Waals surface area contributed by atoms with Gasteiger partial charge in [0.1, 0.15) is 6.61 Å². The fourth-order valence-electron chi connectivity index (χ4n) is 2.19. The van der Waals surface area contributed by atoms with Crippen LogP contribution in [0.2, 0.25) is 0 Å². The Morgan fingerprint density at radius 1 is 1.30 bits per heavy atom. The third-order valence-corrected chi connectivity index (χ3v) is 4.27. The van der Waals surface area contributed by atoms with Crippen LogP contribution >= 0.6 is 11.3 Å². The molecule has 9 nitrogen and oxygen atoms in total. The van der Waals surface area contributed by atoms with Crippen LogP contribution in [0.5, 0.6) is 11.5 Å². The molecule has 0 radical (unpaired) electrons. The van der Waals surface area contributed by atoms with Crippen molar-refractivity contribution >= 4 is 34.3 Å². The molecule has 0 unspecified atom stereocenters. The van der Waals surface area contributed by atoms with Crippen LogP contribution in [0, 0.1) is 0 Å². The molecule has 3 rings (SSSR count). The highest BCUT2D eigenvalue weighted by atomic mass is 32.1. The zero-order valence-corrected chi connectivity index (χ0v) is 15.1. The molecule has 1 amide bonds. The number of aromatic nitrogens is 1. The number of rotatable bonds is 6. The summed E-state index contributed by atoms with van der Waals surface area (Å²) < 4.78 is 20.5. The maximum atomic E-state index is 12.1. The Hall–Kier alpha value is -3.14. The van der Waals surface area contributed by atoms with Crippen LogP contribution < -0.4 is 14.8 Å². The summed E-state index contributed by atoms with van der Waals surface area (Å²) in [6.45, 7) is -0.493. The average Bonchev–Trinajstić information content (AvgIpc) is 3.12. The Labute approximate surface area is 158 Å². The van der Waals surface area contributed by atoms with Crippen LogP contribution in [0.15, 0.2) is 29.6 Å². The molecule has 1 N–H and O–H groups in total. The second-order valence-electron chi connectivity index (χ2n) is 5.42. The smallest absolute Gasteiger partial charge is 0.351 e. The number of fused-ring (bicyclic) bond motifs is 1. The Bertz CT molecular complexity index is 851. The molecule has 142 valence electrons. The lowest BCUT2D eigenvalue weighted by molar-refractivity contribution is -0.156. The quantitative estimate of drug-likeness (QED) is 0.729. The predicted molar refractivity (Wildman–Crippen MR) is 93.8 cm³/mol. The van der Waals surface area contributed by atoms with Gasteiger partial charge in [0.2, 0.25) is 6.10 Å². The summed E-state index contributed by atoms with van der Waals surface area (Å²) >= 11 is 1.15. The van der Waals surface area contributed by atoms with Crippen molar-refractivity contribution in [1.29, 1.82) is 0 Å². The first-order valence-corrected chi connectivity index (χ1v) is 8.79. The van der Waals surface area contributed by atoms with Gasteiger partial charge >= 0.3 is 11.9 Å². The van der Waals surface area contributed by atoms with Crippen molar-refractivity contribution in [2.24, 2.45) is 0 Å². The molecule has 0 spiro atoms. The first-order valence-electron chi connectivity index (χ1n) is 7.91. The Balaban J connectivity index is 1.45. The zero-order chi connectivity index (χ0) is 19.2. The molecule has 0 fully saturated rings. The fourth-order valence-corrected chi connectivity index (χ4v) is 2.91. The van der Waals surface area contributed by atoms with Crippen molar-refractivity contribution in [1.82, 2.24) is 4.98 Å². The van der Waals surface area contributed by atoms with E-state index in [1.54, 1.807) is 29.6 Å². The Morgan fingerprint density at radius 2 is 2.07 bits per heavy atom. The van der Waals surface area contributed by atoms with Crippen LogP contribution in [0.3, 0.4) is 0 Å². The largest absolute Gasteiger partial charge is 0.485 e. The standard InChI is InChI=1S/C17H16N2O7S/c1-23-15(21)6-10-9-27-17(18-10)19-14(20)8-25-16(22)13-7-24-11-4-2-3-5-12(11)26-13/h2-5,9,13H,6-8H2,1H3,(H,18,19,20)/t13-/m1/s1. The van der Waals surface area contributed by atoms with E-state index >= 15 is 0 Å². The van der Waals surface area contributed by atoms with Crippen LogP contribution in [0.4, 0.5) is 5.13 Å². The van der Waals surface area contributed by atoms with Crippen molar-refractivity contribution in [3.05, 3.63) is 35.3 Å². The summed E-state index contributed by atoms with van der Waals surface area (Å²) in [4.78, 5) is 39.2. The van der Waals surface area contributed by atoms with Crippen molar-refractivity contribution in [2.75, 3.05) is 25.6 Å². The monoisotopic (exact) mass is 392 g/mol. The van der Waals surface area contributed by atoms with Crippen molar-refractivity contribution in [2.45, 2.75) is 12.5 Å². The number of ether oxygens (including phenoxy) is 4. The van der Waals surface area contributed by atoms with Crippen molar-refractivity contribution in [3.63, 3.8) is 0 Å². The van der Waals surface area contributed by atoms with E-state index in [1.807, 2.05) is 0 Å². The van der Waals surface area contributed by atoms with Crippen LogP contribution in [0.1, 0.15) is 5.69 Å². The van der Waals surface area contributed by atoms with Crippen LogP contribution in [-0.2, 0) is 30.3 Å². The van der Waals surface area contributed by atoms with E-state index in [4.69, 9.17) is 14.2 Å². The van der Waals surface area contributed by atoms with Gasteiger partial charge in [-0.25, -0.2) is 9.78 Å². The Morgan fingerprint density at radius 3 is 2.85 bits per heavy atom. The molecule has 1 aromatic heterocycles. The van der Waals surface area contributed by atoms with Crippen LogP contribution in [-0.4, -0.2) is 49.3 Å². The van der Waals surface area contributed by atoms with Gasteiger partial charge in [-0.15, -0.1) is 11.3 Å². The minimum absolute atomic E-state index is 0.000827. The summed E-state index contributed by atoms with van der Waals surface area (Å²) in [6, 6.07) is 6.95. The predicted octanol–water partition coefficient (Wildman–Crippen LogP) is 1.18. The van der Waals surface area contributed by atoms with E-state index in [-0.39, 0.29) is 13.0 Å². The van der Waals surface area contributed by atoms with E-state index in [0.717, 1.165) is 11.3 Å². The molecule has 1 aromatic carbocycles. The molecule has 0 aliphatic carbocycles. The lowest BCUT2D eigenvalue weighted by atomic mass is 10.2. The molecular formula is C17H16N2O7S. The molecule has 2 heterocycles. The van der Waals surface area contributed by atoms with Gasteiger partial charge in [-0.2, -0.15) is 0 Å². The average molecular weight is 392 g/mol. The maximum Gasteiger partial charge on any atom is 0.351 e. The molecule has 2 aromatic rings. The van der Waals surface area contributed by atoms with Gasteiger partial charge < -0.3 is 18.9 Å². The number of nitrogens with zero attached hydrogens (tertiary/aromatic N) is 1. The van der Waals surface area contributed by atoms with Crippen molar-refractivity contribution < 1.29 is 33.3 Å². The zero-order valence-electron chi connectivity index (χ0n) is 14.3. The normalized spacial score (nSPS) is 14.9. The SMILES string of the molecule is COC(=O)Cc1csc(NC(=O)COC(=O)[C@H]2COc3ccccc3O2)n1. The summed E-state index contributed by atoms with van der Waals surface area (Å²) in [6.07, 6.45) is -0.933. The summed E-state index contributed by atoms with van der Waals surface area (Å²) in [5.41, 5.74) is 0.477. The number of amides is 1. The number of esters is 2. The number of carbonyl (C=O) groups excluding carboxylic acids is 3. The number of thiazole rings is 1. The van der Waals surface area contributed by atoms with E-state index < -0.39 is 30.6 Å². The number of nitrogens with one attached hydrogen (secondary N) is 1. The van der Waals surface area contributed by atoms with E-state index in [1.165, 1.54) is 7.11 Å². The molecule has 0 saturated heterocycles. The van der Waals surface area contributed by atoms with Crippen molar-refractivity contribution in [3.8, 4) is 11.5 Å². The molecule has 1 atom stereocenters. The van der Waals surface area contributed by atoms with Gasteiger partial charge in [0.25, 0.3) is 5.91 Å². The number of carbonyl (C=O) groups is 3. The third-order valence-electron chi connectivity index (χ3n) is 3.47. The van der Waals surface area contributed by atoms with E-state index in [2.05, 4.69) is 15.0 Å². The minimum atomic E-state index is -0.945. The fraction of sp³-hybridized carbons (Fsp3) is 0.294. The van der Waals surface area contributed by atoms with E-state index in [0.29, 0.717) is 22.3 Å². The molecule has 0 saturated carbocycles. The minimum Gasteiger partial charge on any atom is -0.485 e. The first-order chi connectivity index (χ1) is 13.0. The highest BCUT2D eigenvalue weighted by Gasteiger charge is 2.29. The highest BCUT2D eigenvalue weighted by molar-refractivity contribution is 7.13. The highest BCUT2D eigenvalue weighted by Crippen LogP contribution is 2.31. The molecule has 27 heavy (non-hydrogen) atoms.